The highest BCUT2D eigenvalue weighted by atomic mass is 19.1. The summed E-state index contributed by atoms with van der Waals surface area (Å²) in [6.07, 6.45) is 3.01. The Morgan fingerprint density at radius 3 is 2.66 bits per heavy atom. The smallest absolute Gasteiger partial charge is 0.228 e. The van der Waals surface area contributed by atoms with Gasteiger partial charge in [0.1, 0.15) is 17.5 Å². The number of aryl methyl sites for hydroxylation is 2. The van der Waals surface area contributed by atoms with Crippen LogP contribution in [0.2, 0.25) is 0 Å². The lowest BCUT2D eigenvalue weighted by atomic mass is 10.0. The van der Waals surface area contributed by atoms with Gasteiger partial charge >= 0.3 is 0 Å². The van der Waals surface area contributed by atoms with Crippen molar-refractivity contribution >= 4 is 17.6 Å². The first-order valence-corrected chi connectivity index (χ1v) is 11.5. The number of amides is 2. The fraction of sp³-hybridized carbons (Fsp3) is 0.520. The zero-order chi connectivity index (χ0) is 22.8. The maximum absolute atomic E-state index is 13.1. The van der Waals surface area contributed by atoms with Crippen LogP contribution in [0.4, 0.5) is 10.2 Å². The molecule has 0 spiro atoms. The molecule has 1 aromatic carbocycles. The fourth-order valence-electron chi connectivity index (χ4n) is 4.60. The van der Waals surface area contributed by atoms with Gasteiger partial charge in [0, 0.05) is 49.7 Å². The number of carbonyl (C=O) groups is 2. The second kappa shape index (κ2) is 9.35. The molecule has 1 saturated heterocycles. The number of nitrogens with zero attached hydrogens (tertiary/aromatic N) is 4. The third-order valence-corrected chi connectivity index (χ3v) is 6.35. The topological polar surface area (TPSA) is 66.4 Å². The number of hydrogen-bond acceptors (Lipinski definition) is 4. The van der Waals surface area contributed by atoms with Crippen LogP contribution < -0.4 is 4.90 Å². The Morgan fingerprint density at radius 2 is 1.94 bits per heavy atom. The Morgan fingerprint density at radius 1 is 1.19 bits per heavy atom. The molecule has 0 bridgehead atoms. The van der Waals surface area contributed by atoms with Gasteiger partial charge < -0.3 is 4.90 Å². The summed E-state index contributed by atoms with van der Waals surface area (Å²) in [5.41, 5.74) is 2.96. The van der Waals surface area contributed by atoms with E-state index in [1.54, 1.807) is 12.1 Å². The van der Waals surface area contributed by atoms with Gasteiger partial charge in [0.25, 0.3) is 0 Å². The molecule has 2 aromatic rings. The molecule has 2 aliphatic rings. The average Bonchev–Trinajstić information content (AvgIpc) is 3.25. The quantitative estimate of drug-likeness (QED) is 0.688. The first-order chi connectivity index (χ1) is 15.3. The lowest BCUT2D eigenvalue weighted by molar-refractivity contribution is -0.130. The molecule has 7 heteroatoms. The lowest BCUT2D eigenvalue weighted by Gasteiger charge is -2.31. The molecule has 170 valence electrons. The van der Waals surface area contributed by atoms with E-state index in [0.717, 1.165) is 34.9 Å². The zero-order valence-electron chi connectivity index (χ0n) is 19.1. The Balaban J connectivity index is 1.45. The molecule has 0 radical (unpaired) electrons. The molecular weight excluding hydrogens is 407 g/mol. The number of halogens is 1. The molecule has 0 N–H and O–H groups in total. The van der Waals surface area contributed by atoms with E-state index in [4.69, 9.17) is 9.97 Å². The van der Waals surface area contributed by atoms with Crippen molar-refractivity contribution in [1.29, 1.82) is 0 Å². The van der Waals surface area contributed by atoms with E-state index in [1.165, 1.54) is 12.1 Å². The van der Waals surface area contributed by atoms with E-state index < -0.39 is 0 Å². The van der Waals surface area contributed by atoms with Crippen molar-refractivity contribution in [2.24, 2.45) is 5.92 Å². The van der Waals surface area contributed by atoms with Gasteiger partial charge in [0.2, 0.25) is 11.8 Å². The van der Waals surface area contributed by atoms with Crippen molar-refractivity contribution < 1.29 is 14.0 Å². The van der Waals surface area contributed by atoms with Crippen molar-refractivity contribution in [2.75, 3.05) is 24.5 Å². The minimum Gasteiger partial charge on any atom is -0.342 e. The van der Waals surface area contributed by atoms with Crippen LogP contribution in [0.15, 0.2) is 24.3 Å². The number of anilines is 1. The van der Waals surface area contributed by atoms with E-state index >= 15 is 0 Å². The third-order valence-electron chi connectivity index (χ3n) is 6.35. The number of aromatic nitrogens is 2. The normalized spacial score (nSPS) is 18.4. The van der Waals surface area contributed by atoms with Gasteiger partial charge in [-0.1, -0.05) is 26.0 Å². The summed E-state index contributed by atoms with van der Waals surface area (Å²) < 4.78 is 13.1. The van der Waals surface area contributed by atoms with E-state index in [0.29, 0.717) is 51.2 Å². The van der Waals surface area contributed by atoms with Crippen molar-refractivity contribution in [2.45, 2.75) is 58.8 Å². The standard InChI is InChI=1S/C25H31FN4O2/c1-16(2)14-30-23(32)11-9-21-17(3)27-24(28-25(21)30)19-12-13-29(15-19)22(31)10-6-18-4-7-20(26)8-5-18/h4-5,7-8,16,19H,6,9-15H2,1-3H3. The van der Waals surface area contributed by atoms with Gasteiger partial charge in [0.15, 0.2) is 0 Å². The molecule has 0 aliphatic carbocycles. The van der Waals surface area contributed by atoms with Gasteiger partial charge in [-0.05, 0) is 49.8 Å². The monoisotopic (exact) mass is 438 g/mol. The predicted molar refractivity (Wildman–Crippen MR) is 121 cm³/mol. The van der Waals surface area contributed by atoms with E-state index in [-0.39, 0.29) is 23.5 Å². The Hall–Kier alpha value is -2.83. The molecule has 2 amide bonds. The van der Waals surface area contributed by atoms with Gasteiger partial charge in [0.05, 0.1) is 0 Å². The minimum absolute atomic E-state index is 0.0756. The molecule has 2 aliphatic heterocycles. The molecular formula is C25H31FN4O2. The number of carbonyl (C=O) groups excluding carboxylic acids is 2. The SMILES string of the molecule is Cc1nc(C2CCN(C(=O)CCc3ccc(F)cc3)C2)nc2c1CCC(=O)N2CC(C)C. The van der Waals surface area contributed by atoms with Gasteiger partial charge in [-0.25, -0.2) is 14.4 Å². The number of rotatable bonds is 6. The minimum atomic E-state index is -0.267. The average molecular weight is 439 g/mol. The fourth-order valence-corrected chi connectivity index (χ4v) is 4.60. The van der Waals surface area contributed by atoms with Gasteiger partial charge in [-0.2, -0.15) is 0 Å². The summed E-state index contributed by atoms with van der Waals surface area (Å²) in [6, 6.07) is 6.30. The summed E-state index contributed by atoms with van der Waals surface area (Å²) in [6.45, 7) is 8.12. The second-order valence-corrected chi connectivity index (χ2v) is 9.32. The largest absolute Gasteiger partial charge is 0.342 e. The van der Waals surface area contributed by atoms with Crippen molar-refractivity contribution in [3.05, 3.63) is 52.7 Å². The van der Waals surface area contributed by atoms with E-state index in [2.05, 4.69) is 13.8 Å². The van der Waals surface area contributed by atoms with Crippen LogP contribution in [-0.4, -0.2) is 46.3 Å². The number of likely N-dealkylation sites (tertiary alicyclic amines) is 1. The van der Waals surface area contributed by atoms with Crippen molar-refractivity contribution in [3.63, 3.8) is 0 Å². The molecule has 4 rings (SSSR count). The summed E-state index contributed by atoms with van der Waals surface area (Å²) in [5.74, 6) is 1.88. The summed E-state index contributed by atoms with van der Waals surface area (Å²) >= 11 is 0. The predicted octanol–water partition coefficient (Wildman–Crippen LogP) is 3.81. The first kappa shape index (κ1) is 22.4. The highest BCUT2D eigenvalue weighted by Crippen LogP contribution is 2.32. The Kier molecular flexibility index (Phi) is 6.53. The van der Waals surface area contributed by atoms with Crippen LogP contribution in [0.25, 0.3) is 0 Å². The molecule has 6 nitrogen and oxygen atoms in total. The second-order valence-electron chi connectivity index (χ2n) is 9.32. The third kappa shape index (κ3) is 4.81. The van der Waals surface area contributed by atoms with Gasteiger partial charge in [-0.15, -0.1) is 0 Å². The van der Waals surface area contributed by atoms with Crippen LogP contribution in [0.1, 0.15) is 61.7 Å². The summed E-state index contributed by atoms with van der Waals surface area (Å²) in [5, 5.41) is 0. The zero-order valence-corrected chi connectivity index (χ0v) is 19.1. The number of benzene rings is 1. The highest BCUT2D eigenvalue weighted by molar-refractivity contribution is 5.95. The summed E-state index contributed by atoms with van der Waals surface area (Å²) in [4.78, 5) is 38.7. The molecule has 3 heterocycles. The highest BCUT2D eigenvalue weighted by Gasteiger charge is 2.33. The maximum Gasteiger partial charge on any atom is 0.228 e. The molecule has 0 saturated carbocycles. The summed E-state index contributed by atoms with van der Waals surface area (Å²) in [7, 11) is 0. The Bertz CT molecular complexity index is 1010. The van der Waals surface area contributed by atoms with Crippen LogP contribution >= 0.6 is 0 Å². The molecule has 1 aromatic heterocycles. The van der Waals surface area contributed by atoms with Crippen LogP contribution in [0.5, 0.6) is 0 Å². The number of fused-ring (bicyclic) bond motifs is 1. The molecule has 32 heavy (non-hydrogen) atoms. The Labute approximate surface area is 188 Å². The van der Waals surface area contributed by atoms with Gasteiger partial charge in [-0.3, -0.25) is 14.5 Å². The molecule has 1 fully saturated rings. The number of hydrogen-bond donors (Lipinski definition) is 0. The van der Waals surface area contributed by atoms with Crippen molar-refractivity contribution in [3.8, 4) is 0 Å². The lowest BCUT2D eigenvalue weighted by Crippen LogP contribution is -2.39. The van der Waals surface area contributed by atoms with Crippen LogP contribution in [0.3, 0.4) is 0 Å². The van der Waals surface area contributed by atoms with Crippen LogP contribution in [0, 0.1) is 18.7 Å². The molecule has 1 atom stereocenters. The van der Waals surface area contributed by atoms with E-state index in [9.17, 15) is 14.0 Å². The van der Waals surface area contributed by atoms with E-state index in [1.807, 2.05) is 16.7 Å². The maximum atomic E-state index is 13.1. The first-order valence-electron chi connectivity index (χ1n) is 11.5. The van der Waals surface area contributed by atoms with Crippen LogP contribution in [-0.2, 0) is 22.4 Å². The molecule has 1 unspecified atom stereocenters. The van der Waals surface area contributed by atoms with Crippen molar-refractivity contribution in [1.82, 2.24) is 14.9 Å².